The molecule has 6 heteroatoms. The van der Waals surface area contributed by atoms with Gasteiger partial charge in [-0.3, -0.25) is 4.68 Å². The minimum absolute atomic E-state index is 0.479. The second kappa shape index (κ2) is 6.81. The number of ether oxygens (including phenoxy) is 1. The van der Waals surface area contributed by atoms with Gasteiger partial charge in [-0.1, -0.05) is 29.8 Å². The normalized spacial score (nSPS) is 14.1. The zero-order valence-electron chi connectivity index (χ0n) is 13.8. The van der Waals surface area contributed by atoms with Gasteiger partial charge in [0.25, 0.3) is 0 Å². The van der Waals surface area contributed by atoms with E-state index in [-0.39, 0.29) is 0 Å². The van der Waals surface area contributed by atoms with E-state index in [1.807, 2.05) is 35.1 Å². The van der Waals surface area contributed by atoms with Crippen LogP contribution in [0, 0.1) is 0 Å². The number of hydrogen-bond donors (Lipinski definition) is 0. The average Bonchev–Trinajstić information content (AvgIpc) is 3.29. The van der Waals surface area contributed by atoms with E-state index in [0.717, 1.165) is 45.2 Å². The summed E-state index contributed by atoms with van der Waals surface area (Å²) in [6.07, 6.45) is 7.47. The summed E-state index contributed by atoms with van der Waals surface area (Å²) >= 11 is 9.99. The lowest BCUT2D eigenvalue weighted by Crippen LogP contribution is -2.03. The summed E-state index contributed by atoms with van der Waals surface area (Å²) in [5.41, 5.74) is 4.36. The van der Waals surface area contributed by atoms with E-state index in [2.05, 4.69) is 32.1 Å². The Morgan fingerprint density at radius 2 is 2.08 bits per heavy atom. The van der Waals surface area contributed by atoms with E-state index < -0.39 is 0 Å². The molecule has 4 rings (SSSR count). The number of pyridine rings is 1. The number of fused-ring (bicyclic) bond motifs is 1. The van der Waals surface area contributed by atoms with Gasteiger partial charge in [0, 0.05) is 5.39 Å². The molecule has 2 heterocycles. The lowest BCUT2D eigenvalue weighted by atomic mass is 10.1. The summed E-state index contributed by atoms with van der Waals surface area (Å²) < 4.78 is 7.98. The summed E-state index contributed by atoms with van der Waals surface area (Å²) in [6, 6.07) is 8.01. The molecule has 0 N–H and O–H groups in total. The van der Waals surface area contributed by atoms with Gasteiger partial charge in [0.05, 0.1) is 35.5 Å². The first kappa shape index (κ1) is 16.6. The Bertz CT molecular complexity index is 963. The topological polar surface area (TPSA) is 39.9 Å². The minimum atomic E-state index is 0.479. The van der Waals surface area contributed by atoms with E-state index in [1.54, 1.807) is 7.11 Å². The Kier molecular flexibility index (Phi) is 4.52. The maximum atomic E-state index is 6.40. The SMILES string of the molecule is COc1ccc(Cn2ncc3c(C4=CCCC4)nc(Cl)c(Br)c32)cc1. The Morgan fingerprint density at radius 1 is 1.28 bits per heavy atom. The number of hydrogen-bond acceptors (Lipinski definition) is 3. The van der Waals surface area contributed by atoms with E-state index in [4.69, 9.17) is 16.3 Å². The molecule has 0 aliphatic heterocycles. The molecular formula is C19H17BrClN3O. The standard InChI is InChI=1S/C19H17BrClN3O/c1-25-14-8-6-12(7-9-14)11-24-18-15(10-22-24)17(13-4-2-3-5-13)23-19(21)16(18)20/h4,6-10H,2-3,5,11H2,1H3. The lowest BCUT2D eigenvalue weighted by Gasteiger charge is -2.10. The predicted octanol–water partition coefficient (Wildman–Crippen LogP) is 5.47. The van der Waals surface area contributed by atoms with Gasteiger partial charge in [-0.15, -0.1) is 0 Å². The maximum Gasteiger partial charge on any atom is 0.146 e. The smallest absolute Gasteiger partial charge is 0.146 e. The fraction of sp³-hybridized carbons (Fsp3) is 0.263. The number of nitrogens with zero attached hydrogens (tertiary/aromatic N) is 3. The molecule has 1 aromatic carbocycles. The molecule has 1 aliphatic carbocycles. The molecule has 4 nitrogen and oxygen atoms in total. The van der Waals surface area contributed by atoms with Crippen molar-refractivity contribution in [1.82, 2.24) is 14.8 Å². The van der Waals surface area contributed by atoms with E-state index >= 15 is 0 Å². The number of halogens is 2. The summed E-state index contributed by atoms with van der Waals surface area (Å²) in [7, 11) is 1.67. The van der Waals surface area contributed by atoms with Gasteiger partial charge >= 0.3 is 0 Å². The molecule has 0 amide bonds. The van der Waals surface area contributed by atoms with Crippen molar-refractivity contribution in [3.63, 3.8) is 0 Å². The van der Waals surface area contributed by atoms with Gasteiger partial charge in [-0.2, -0.15) is 5.10 Å². The van der Waals surface area contributed by atoms with Gasteiger partial charge in [0.15, 0.2) is 0 Å². The third-order valence-electron chi connectivity index (χ3n) is 4.53. The van der Waals surface area contributed by atoms with Gasteiger partial charge in [0.1, 0.15) is 10.9 Å². The fourth-order valence-electron chi connectivity index (χ4n) is 3.25. The maximum absolute atomic E-state index is 6.40. The number of allylic oxidation sites excluding steroid dienone is 2. The van der Waals surface area contributed by atoms with Crippen LogP contribution >= 0.6 is 27.5 Å². The molecule has 0 saturated heterocycles. The van der Waals surface area contributed by atoms with Crippen LogP contribution in [-0.4, -0.2) is 21.9 Å². The zero-order valence-corrected chi connectivity index (χ0v) is 16.1. The third kappa shape index (κ3) is 3.07. The average molecular weight is 419 g/mol. The van der Waals surface area contributed by atoms with Gasteiger partial charge in [-0.25, -0.2) is 4.98 Å². The predicted molar refractivity (Wildman–Crippen MR) is 104 cm³/mol. The summed E-state index contributed by atoms with van der Waals surface area (Å²) in [5, 5.41) is 6.11. The van der Waals surface area contributed by atoms with Crippen LogP contribution in [0.3, 0.4) is 0 Å². The highest BCUT2D eigenvalue weighted by Gasteiger charge is 2.19. The number of benzene rings is 1. The van der Waals surface area contributed by atoms with Crippen molar-refractivity contribution in [2.24, 2.45) is 0 Å². The molecule has 1 aliphatic rings. The molecule has 0 radical (unpaired) electrons. The van der Waals surface area contributed by atoms with Crippen molar-refractivity contribution in [3.05, 3.63) is 57.4 Å². The molecule has 0 unspecified atom stereocenters. The second-order valence-corrected chi connectivity index (χ2v) is 7.25. The molecule has 0 bridgehead atoms. The van der Waals surface area contributed by atoms with Crippen molar-refractivity contribution in [2.45, 2.75) is 25.8 Å². The highest BCUT2D eigenvalue weighted by atomic mass is 79.9. The number of rotatable bonds is 4. The fourth-order valence-corrected chi connectivity index (χ4v) is 3.93. The first-order valence-electron chi connectivity index (χ1n) is 8.20. The Morgan fingerprint density at radius 3 is 2.76 bits per heavy atom. The molecule has 25 heavy (non-hydrogen) atoms. The molecular weight excluding hydrogens is 402 g/mol. The highest BCUT2D eigenvalue weighted by Crippen LogP contribution is 2.37. The van der Waals surface area contributed by atoms with E-state index in [9.17, 15) is 0 Å². The quantitative estimate of drug-likeness (QED) is 0.527. The van der Waals surface area contributed by atoms with Crippen molar-refractivity contribution in [1.29, 1.82) is 0 Å². The lowest BCUT2D eigenvalue weighted by molar-refractivity contribution is 0.414. The monoisotopic (exact) mass is 417 g/mol. The number of aromatic nitrogens is 3. The number of methoxy groups -OCH3 is 1. The van der Waals surface area contributed by atoms with Crippen LogP contribution in [0.5, 0.6) is 5.75 Å². The second-order valence-electron chi connectivity index (χ2n) is 6.10. The summed E-state index contributed by atoms with van der Waals surface area (Å²) in [5.74, 6) is 0.845. The molecule has 2 aromatic heterocycles. The zero-order chi connectivity index (χ0) is 17.4. The molecule has 3 aromatic rings. The van der Waals surface area contributed by atoms with E-state index in [0.29, 0.717) is 11.7 Å². The van der Waals surface area contributed by atoms with Crippen LogP contribution < -0.4 is 4.74 Å². The van der Waals surface area contributed by atoms with Crippen molar-refractivity contribution >= 4 is 44.0 Å². The van der Waals surface area contributed by atoms with Crippen LogP contribution in [0.15, 0.2) is 41.0 Å². The first-order chi connectivity index (χ1) is 12.2. The molecule has 0 fully saturated rings. The van der Waals surface area contributed by atoms with Crippen molar-refractivity contribution < 1.29 is 4.74 Å². The van der Waals surface area contributed by atoms with Crippen LogP contribution in [0.2, 0.25) is 5.15 Å². The van der Waals surface area contributed by atoms with Crippen LogP contribution in [0.4, 0.5) is 0 Å². The van der Waals surface area contributed by atoms with Crippen molar-refractivity contribution in [3.8, 4) is 5.75 Å². The minimum Gasteiger partial charge on any atom is -0.497 e. The molecule has 0 atom stereocenters. The largest absolute Gasteiger partial charge is 0.497 e. The van der Waals surface area contributed by atoms with Gasteiger partial charge in [-0.05, 0) is 58.5 Å². The van der Waals surface area contributed by atoms with Crippen molar-refractivity contribution in [2.75, 3.05) is 7.11 Å². The van der Waals surface area contributed by atoms with Crippen LogP contribution in [-0.2, 0) is 6.54 Å². The molecule has 0 saturated carbocycles. The summed E-state index contributed by atoms with van der Waals surface area (Å²) in [4.78, 5) is 4.61. The molecule has 128 valence electrons. The highest BCUT2D eigenvalue weighted by molar-refractivity contribution is 9.10. The van der Waals surface area contributed by atoms with Crippen LogP contribution in [0.1, 0.15) is 30.5 Å². The Labute approximate surface area is 159 Å². The third-order valence-corrected chi connectivity index (χ3v) is 5.78. The van der Waals surface area contributed by atoms with Gasteiger partial charge in [0.2, 0.25) is 0 Å². The van der Waals surface area contributed by atoms with Crippen LogP contribution in [0.25, 0.3) is 16.5 Å². The molecule has 0 spiro atoms. The Hall–Kier alpha value is -1.85. The summed E-state index contributed by atoms with van der Waals surface area (Å²) in [6.45, 7) is 0.658. The van der Waals surface area contributed by atoms with E-state index in [1.165, 1.54) is 12.0 Å². The Balaban J connectivity index is 1.79. The first-order valence-corrected chi connectivity index (χ1v) is 9.37. The van der Waals surface area contributed by atoms with Gasteiger partial charge < -0.3 is 4.74 Å².